The Morgan fingerprint density at radius 1 is 1.00 bits per heavy atom. The van der Waals surface area contributed by atoms with Crippen molar-refractivity contribution in [2.75, 3.05) is 52.4 Å². The molecule has 1 amide bonds. The fourth-order valence-electron chi connectivity index (χ4n) is 4.94. The Hall–Kier alpha value is -1.76. The SMILES string of the molecule is CC(C)Cc1ccc(C(=O)C2CCN(CC(=O)NCC3CN(CC(C)C)CCO3)CC2)cc1. The number of hydrogen-bond acceptors (Lipinski definition) is 5. The molecule has 6 heteroatoms. The molecule has 1 aromatic rings. The summed E-state index contributed by atoms with van der Waals surface area (Å²) in [7, 11) is 0. The van der Waals surface area contributed by atoms with Crippen molar-refractivity contribution in [2.45, 2.75) is 53.1 Å². The van der Waals surface area contributed by atoms with Crippen LogP contribution in [0.4, 0.5) is 0 Å². The number of carbonyl (C=O) groups is 2. The van der Waals surface area contributed by atoms with E-state index < -0.39 is 0 Å². The Bertz CT molecular complexity index is 754. The van der Waals surface area contributed by atoms with E-state index in [1.165, 1.54) is 5.56 Å². The molecular formula is C27H43N3O3. The maximum Gasteiger partial charge on any atom is 0.234 e. The predicted octanol–water partition coefficient (Wildman–Crippen LogP) is 3.25. The molecule has 2 fully saturated rings. The molecule has 33 heavy (non-hydrogen) atoms. The van der Waals surface area contributed by atoms with Crippen molar-refractivity contribution in [3.05, 3.63) is 35.4 Å². The van der Waals surface area contributed by atoms with Crippen LogP contribution in [0, 0.1) is 17.8 Å². The molecule has 2 aliphatic heterocycles. The van der Waals surface area contributed by atoms with Crippen LogP contribution in [0.2, 0.25) is 0 Å². The maximum absolute atomic E-state index is 12.9. The average molecular weight is 458 g/mol. The summed E-state index contributed by atoms with van der Waals surface area (Å²) in [6, 6.07) is 8.14. The lowest BCUT2D eigenvalue weighted by molar-refractivity contribution is -0.123. The van der Waals surface area contributed by atoms with Gasteiger partial charge in [-0.15, -0.1) is 0 Å². The normalized spacial score (nSPS) is 21.0. The summed E-state index contributed by atoms with van der Waals surface area (Å²) in [5.74, 6) is 1.60. The second-order valence-electron chi connectivity index (χ2n) is 10.7. The van der Waals surface area contributed by atoms with Gasteiger partial charge in [-0.05, 0) is 49.8 Å². The van der Waals surface area contributed by atoms with Crippen LogP contribution < -0.4 is 5.32 Å². The Kier molecular flexibility index (Phi) is 9.90. The Morgan fingerprint density at radius 2 is 1.70 bits per heavy atom. The molecule has 0 aromatic heterocycles. The molecule has 2 aliphatic rings. The molecule has 1 atom stereocenters. The van der Waals surface area contributed by atoms with Crippen molar-refractivity contribution in [3.63, 3.8) is 0 Å². The highest BCUT2D eigenvalue weighted by molar-refractivity contribution is 5.98. The lowest BCUT2D eigenvalue weighted by Crippen LogP contribution is -2.50. The van der Waals surface area contributed by atoms with Crippen LogP contribution in [0.15, 0.2) is 24.3 Å². The van der Waals surface area contributed by atoms with Crippen LogP contribution in [-0.4, -0.2) is 80.0 Å². The van der Waals surface area contributed by atoms with Gasteiger partial charge < -0.3 is 10.1 Å². The third-order valence-electron chi connectivity index (χ3n) is 6.58. The number of nitrogens with one attached hydrogen (secondary N) is 1. The van der Waals surface area contributed by atoms with Gasteiger partial charge in [-0.3, -0.25) is 19.4 Å². The van der Waals surface area contributed by atoms with Crippen molar-refractivity contribution in [3.8, 4) is 0 Å². The van der Waals surface area contributed by atoms with Gasteiger partial charge in [0.05, 0.1) is 19.3 Å². The monoisotopic (exact) mass is 457 g/mol. The average Bonchev–Trinajstić information content (AvgIpc) is 2.78. The van der Waals surface area contributed by atoms with Crippen LogP contribution in [0.3, 0.4) is 0 Å². The minimum absolute atomic E-state index is 0.0464. The molecule has 0 spiro atoms. The zero-order valence-electron chi connectivity index (χ0n) is 21.0. The van der Waals surface area contributed by atoms with E-state index in [-0.39, 0.29) is 23.7 Å². The topological polar surface area (TPSA) is 61.9 Å². The Morgan fingerprint density at radius 3 is 2.33 bits per heavy atom. The van der Waals surface area contributed by atoms with Crippen LogP contribution in [0.5, 0.6) is 0 Å². The second-order valence-corrected chi connectivity index (χ2v) is 10.7. The number of nitrogens with zero attached hydrogens (tertiary/aromatic N) is 2. The van der Waals surface area contributed by atoms with E-state index in [9.17, 15) is 9.59 Å². The number of benzene rings is 1. The molecule has 0 radical (unpaired) electrons. The molecule has 2 saturated heterocycles. The number of morpholine rings is 1. The first-order valence-electron chi connectivity index (χ1n) is 12.8. The van der Waals surface area contributed by atoms with Crippen molar-refractivity contribution < 1.29 is 14.3 Å². The van der Waals surface area contributed by atoms with Gasteiger partial charge in [0.2, 0.25) is 5.91 Å². The predicted molar refractivity (Wildman–Crippen MR) is 133 cm³/mol. The lowest BCUT2D eigenvalue weighted by atomic mass is 9.88. The summed E-state index contributed by atoms with van der Waals surface area (Å²) in [5, 5.41) is 3.05. The molecule has 184 valence electrons. The van der Waals surface area contributed by atoms with E-state index in [1.54, 1.807) is 0 Å². The standard InChI is InChI=1S/C27H43N3O3/c1-20(2)15-22-5-7-23(8-6-22)27(32)24-9-11-29(12-10-24)19-26(31)28-16-25-18-30(13-14-33-25)17-21(3)4/h5-8,20-21,24-25H,9-19H2,1-4H3,(H,28,31). The minimum atomic E-state index is 0.0464. The quantitative estimate of drug-likeness (QED) is 0.547. The molecule has 2 heterocycles. The van der Waals surface area contributed by atoms with Crippen LogP contribution in [-0.2, 0) is 16.0 Å². The highest BCUT2D eigenvalue weighted by atomic mass is 16.5. The summed E-state index contributed by atoms with van der Waals surface area (Å²) in [6.45, 7) is 15.1. The van der Waals surface area contributed by atoms with E-state index in [4.69, 9.17) is 4.74 Å². The van der Waals surface area contributed by atoms with Gasteiger partial charge in [-0.2, -0.15) is 0 Å². The third kappa shape index (κ3) is 8.51. The first-order valence-corrected chi connectivity index (χ1v) is 12.8. The Labute approximate surface area is 200 Å². The molecule has 1 unspecified atom stereocenters. The van der Waals surface area contributed by atoms with E-state index in [0.717, 1.165) is 64.2 Å². The number of likely N-dealkylation sites (tertiary alicyclic amines) is 1. The third-order valence-corrected chi connectivity index (χ3v) is 6.58. The first-order chi connectivity index (χ1) is 15.8. The number of hydrogen-bond donors (Lipinski definition) is 1. The zero-order valence-corrected chi connectivity index (χ0v) is 21.0. The van der Waals surface area contributed by atoms with Crippen LogP contribution in [0.1, 0.15) is 56.5 Å². The molecule has 0 saturated carbocycles. The second kappa shape index (κ2) is 12.6. The first kappa shape index (κ1) is 25.9. The van der Waals surface area contributed by atoms with Gasteiger partial charge in [0, 0.05) is 37.7 Å². The van der Waals surface area contributed by atoms with Gasteiger partial charge in [-0.1, -0.05) is 52.0 Å². The van der Waals surface area contributed by atoms with Crippen molar-refractivity contribution in [1.82, 2.24) is 15.1 Å². The number of carbonyl (C=O) groups excluding carboxylic acids is 2. The van der Waals surface area contributed by atoms with Gasteiger partial charge in [-0.25, -0.2) is 0 Å². The summed E-state index contributed by atoms with van der Waals surface area (Å²) >= 11 is 0. The molecule has 1 aromatic carbocycles. The number of amides is 1. The smallest absolute Gasteiger partial charge is 0.234 e. The summed E-state index contributed by atoms with van der Waals surface area (Å²) in [6.07, 6.45) is 2.74. The summed E-state index contributed by atoms with van der Waals surface area (Å²) in [5.41, 5.74) is 2.10. The van der Waals surface area contributed by atoms with Gasteiger partial charge in [0.1, 0.15) is 0 Å². The number of rotatable bonds is 10. The summed E-state index contributed by atoms with van der Waals surface area (Å²) in [4.78, 5) is 30.0. The van der Waals surface area contributed by atoms with Gasteiger partial charge >= 0.3 is 0 Å². The van der Waals surface area contributed by atoms with Gasteiger partial charge in [0.25, 0.3) is 0 Å². The van der Waals surface area contributed by atoms with Crippen molar-refractivity contribution in [2.24, 2.45) is 17.8 Å². The van der Waals surface area contributed by atoms with E-state index >= 15 is 0 Å². The van der Waals surface area contributed by atoms with E-state index in [0.29, 0.717) is 24.9 Å². The largest absolute Gasteiger partial charge is 0.374 e. The number of ketones is 1. The number of ether oxygens (including phenoxy) is 1. The van der Waals surface area contributed by atoms with Crippen molar-refractivity contribution >= 4 is 11.7 Å². The highest BCUT2D eigenvalue weighted by Gasteiger charge is 2.27. The fourth-order valence-corrected chi connectivity index (χ4v) is 4.94. The Balaban J connectivity index is 1.36. The van der Waals surface area contributed by atoms with Crippen molar-refractivity contribution in [1.29, 1.82) is 0 Å². The molecule has 0 aliphatic carbocycles. The van der Waals surface area contributed by atoms with Crippen LogP contribution >= 0.6 is 0 Å². The van der Waals surface area contributed by atoms with E-state index in [2.05, 4.69) is 54.9 Å². The molecular weight excluding hydrogens is 414 g/mol. The molecule has 0 bridgehead atoms. The number of piperidine rings is 1. The molecule has 1 N–H and O–H groups in total. The maximum atomic E-state index is 12.9. The van der Waals surface area contributed by atoms with Gasteiger partial charge in [0.15, 0.2) is 5.78 Å². The zero-order chi connectivity index (χ0) is 23.8. The lowest BCUT2D eigenvalue weighted by Gasteiger charge is -2.34. The number of Topliss-reactive ketones (excluding diaryl/α,β-unsaturated/α-hetero) is 1. The summed E-state index contributed by atoms with van der Waals surface area (Å²) < 4.78 is 5.83. The van der Waals surface area contributed by atoms with E-state index in [1.807, 2.05) is 12.1 Å². The molecule has 3 rings (SSSR count). The highest BCUT2D eigenvalue weighted by Crippen LogP contribution is 2.22. The fraction of sp³-hybridized carbons (Fsp3) is 0.704. The molecule has 6 nitrogen and oxygen atoms in total. The van der Waals surface area contributed by atoms with Crippen LogP contribution in [0.25, 0.3) is 0 Å². The minimum Gasteiger partial charge on any atom is -0.374 e.